The van der Waals surface area contributed by atoms with E-state index in [1.54, 1.807) is 0 Å². The van der Waals surface area contributed by atoms with Gasteiger partial charge < -0.3 is 0 Å². The molecule has 3 fully saturated rings. The predicted octanol–water partition coefficient (Wildman–Crippen LogP) is 1.63. The Balaban J connectivity index is 1.21. The van der Waals surface area contributed by atoms with Gasteiger partial charge >= 0.3 is 0 Å². The number of hydrogen-bond acceptors (Lipinski definition) is 6. The minimum atomic E-state index is 0.693. The smallest absolute Gasteiger partial charge is 0.131 e. The van der Waals surface area contributed by atoms with Crippen molar-refractivity contribution in [2.45, 2.75) is 51.2 Å². The normalized spacial score (nSPS) is 25.8. The molecule has 0 aromatic carbocycles. The zero-order valence-corrected chi connectivity index (χ0v) is 14.6. The van der Waals surface area contributed by atoms with Gasteiger partial charge in [-0.1, -0.05) is 11.3 Å². The van der Waals surface area contributed by atoms with Crippen LogP contribution in [0, 0.1) is 0 Å². The van der Waals surface area contributed by atoms with Gasteiger partial charge in [0.15, 0.2) is 0 Å². The van der Waals surface area contributed by atoms with Crippen LogP contribution in [0.25, 0.3) is 0 Å². The Morgan fingerprint density at radius 2 is 1.82 bits per heavy atom. The predicted molar refractivity (Wildman–Crippen MR) is 89.2 cm³/mol. The van der Waals surface area contributed by atoms with Crippen LogP contribution >= 0.6 is 11.3 Å². The molecule has 0 radical (unpaired) electrons. The van der Waals surface area contributed by atoms with E-state index in [1.807, 2.05) is 11.3 Å². The highest BCUT2D eigenvalue weighted by Gasteiger charge is 2.34. The van der Waals surface area contributed by atoms with Crippen LogP contribution in [0.5, 0.6) is 0 Å². The molecule has 0 spiro atoms. The summed E-state index contributed by atoms with van der Waals surface area (Å²) in [6.07, 6.45) is 2.64. The largest absolute Gasteiger partial charge is 0.298 e. The van der Waals surface area contributed by atoms with E-state index in [2.05, 4.69) is 38.7 Å². The highest BCUT2D eigenvalue weighted by molar-refractivity contribution is 7.11. The van der Waals surface area contributed by atoms with Gasteiger partial charge in [0.1, 0.15) is 10.0 Å². The van der Waals surface area contributed by atoms with Crippen LogP contribution in [0.4, 0.5) is 0 Å². The molecule has 3 aliphatic rings. The highest BCUT2D eigenvalue weighted by atomic mass is 32.1. The van der Waals surface area contributed by atoms with Crippen molar-refractivity contribution in [1.82, 2.24) is 24.9 Å². The molecular formula is C16H27N5S. The van der Waals surface area contributed by atoms with Crippen molar-refractivity contribution in [2.75, 3.05) is 39.3 Å². The van der Waals surface area contributed by atoms with Crippen molar-refractivity contribution in [1.29, 1.82) is 0 Å². The number of aromatic nitrogens is 2. The molecule has 2 aliphatic heterocycles. The van der Waals surface area contributed by atoms with Crippen LogP contribution in [-0.4, -0.2) is 76.2 Å². The average Bonchev–Trinajstić information content (AvgIpc) is 3.22. The molecule has 0 bridgehead atoms. The van der Waals surface area contributed by atoms with Crippen LogP contribution in [0.15, 0.2) is 0 Å². The first-order valence-electron chi connectivity index (χ1n) is 8.72. The number of nitrogens with zero attached hydrogens (tertiary/aromatic N) is 5. The van der Waals surface area contributed by atoms with E-state index in [0.717, 1.165) is 18.5 Å². The molecule has 4 rings (SSSR count). The Morgan fingerprint density at radius 1 is 1.09 bits per heavy atom. The fourth-order valence-electron chi connectivity index (χ4n) is 3.54. The summed E-state index contributed by atoms with van der Waals surface area (Å²) < 4.78 is 0. The van der Waals surface area contributed by atoms with E-state index in [-0.39, 0.29) is 0 Å². The lowest BCUT2D eigenvalue weighted by molar-refractivity contribution is -0.00421. The first-order chi connectivity index (χ1) is 10.7. The fourth-order valence-corrected chi connectivity index (χ4v) is 4.59. The summed E-state index contributed by atoms with van der Waals surface area (Å²) in [7, 11) is 0. The van der Waals surface area contributed by atoms with E-state index in [0.29, 0.717) is 6.04 Å². The fraction of sp³-hybridized carbons (Fsp3) is 0.875. The van der Waals surface area contributed by atoms with E-state index in [4.69, 9.17) is 0 Å². The maximum Gasteiger partial charge on any atom is 0.131 e. The quantitative estimate of drug-likeness (QED) is 0.824. The minimum absolute atomic E-state index is 0.693. The number of likely N-dealkylation sites (tertiary alicyclic amines) is 1. The van der Waals surface area contributed by atoms with Crippen LogP contribution in [-0.2, 0) is 6.54 Å². The Labute approximate surface area is 137 Å². The summed E-state index contributed by atoms with van der Waals surface area (Å²) in [6, 6.07) is 1.46. The zero-order valence-electron chi connectivity index (χ0n) is 13.7. The molecule has 1 aliphatic carbocycles. The molecule has 3 heterocycles. The zero-order chi connectivity index (χ0) is 15.1. The van der Waals surface area contributed by atoms with Gasteiger partial charge in [0, 0.05) is 57.3 Å². The van der Waals surface area contributed by atoms with Crippen LogP contribution in [0.3, 0.4) is 0 Å². The third kappa shape index (κ3) is 3.20. The average molecular weight is 321 g/mol. The van der Waals surface area contributed by atoms with Gasteiger partial charge in [0.2, 0.25) is 0 Å². The van der Waals surface area contributed by atoms with Gasteiger partial charge in [0.25, 0.3) is 0 Å². The van der Waals surface area contributed by atoms with Crippen molar-refractivity contribution in [3.8, 4) is 0 Å². The molecule has 122 valence electrons. The topological polar surface area (TPSA) is 35.5 Å². The minimum Gasteiger partial charge on any atom is -0.298 e. The summed E-state index contributed by atoms with van der Waals surface area (Å²) in [5, 5.41) is 11.2. The molecule has 6 heteroatoms. The highest BCUT2D eigenvalue weighted by Crippen LogP contribution is 2.41. The SMILES string of the molecule is CC(C)N1CCN(C2CN(Cc3nnc(C4CC4)s3)C2)CC1. The second-order valence-corrected chi connectivity index (χ2v) is 8.42. The van der Waals surface area contributed by atoms with Crippen molar-refractivity contribution >= 4 is 11.3 Å². The van der Waals surface area contributed by atoms with Gasteiger partial charge in [-0.2, -0.15) is 0 Å². The third-order valence-corrected chi connectivity index (χ3v) is 6.37. The number of piperazine rings is 1. The van der Waals surface area contributed by atoms with Crippen molar-refractivity contribution in [3.63, 3.8) is 0 Å². The summed E-state index contributed by atoms with van der Waals surface area (Å²) in [5.74, 6) is 0.743. The second-order valence-electron chi connectivity index (χ2n) is 7.32. The lowest BCUT2D eigenvalue weighted by Gasteiger charge is -2.48. The molecule has 2 saturated heterocycles. The molecule has 1 aromatic rings. The third-order valence-electron chi connectivity index (χ3n) is 5.30. The Morgan fingerprint density at radius 3 is 2.45 bits per heavy atom. The van der Waals surface area contributed by atoms with Gasteiger partial charge in [-0.05, 0) is 26.7 Å². The lowest BCUT2D eigenvalue weighted by Crippen LogP contribution is -2.63. The molecule has 0 unspecified atom stereocenters. The number of hydrogen-bond donors (Lipinski definition) is 0. The standard InChI is InChI=1S/C16H27N5S/c1-12(2)20-5-7-21(8-6-20)14-9-19(10-14)11-15-17-18-16(22-15)13-3-4-13/h12-14H,3-11H2,1-2H3. The van der Waals surface area contributed by atoms with Crippen molar-refractivity contribution < 1.29 is 0 Å². The lowest BCUT2D eigenvalue weighted by atomic mass is 10.1. The Hall–Kier alpha value is -0.560. The summed E-state index contributed by atoms with van der Waals surface area (Å²) in [5.41, 5.74) is 0. The van der Waals surface area contributed by atoms with Crippen LogP contribution < -0.4 is 0 Å². The van der Waals surface area contributed by atoms with Gasteiger partial charge in [0.05, 0.1) is 6.54 Å². The van der Waals surface area contributed by atoms with Crippen LogP contribution in [0.2, 0.25) is 0 Å². The maximum atomic E-state index is 4.37. The first-order valence-corrected chi connectivity index (χ1v) is 9.53. The Kier molecular flexibility index (Phi) is 4.19. The summed E-state index contributed by atoms with van der Waals surface area (Å²) >= 11 is 1.84. The molecule has 0 N–H and O–H groups in total. The monoisotopic (exact) mass is 321 g/mol. The van der Waals surface area contributed by atoms with Gasteiger partial charge in [-0.25, -0.2) is 0 Å². The van der Waals surface area contributed by atoms with Crippen molar-refractivity contribution in [2.24, 2.45) is 0 Å². The molecular weight excluding hydrogens is 294 g/mol. The molecule has 1 saturated carbocycles. The van der Waals surface area contributed by atoms with Crippen molar-refractivity contribution in [3.05, 3.63) is 10.0 Å². The van der Waals surface area contributed by atoms with E-state index >= 15 is 0 Å². The second kappa shape index (κ2) is 6.15. The maximum absolute atomic E-state index is 4.37. The molecule has 1 aromatic heterocycles. The number of rotatable bonds is 5. The molecule has 22 heavy (non-hydrogen) atoms. The van der Waals surface area contributed by atoms with E-state index in [9.17, 15) is 0 Å². The Bertz CT molecular complexity index is 498. The van der Waals surface area contributed by atoms with Gasteiger partial charge in [-0.15, -0.1) is 10.2 Å². The molecule has 5 nitrogen and oxygen atoms in total. The summed E-state index contributed by atoms with van der Waals surface area (Å²) in [4.78, 5) is 7.80. The van der Waals surface area contributed by atoms with Gasteiger partial charge in [-0.3, -0.25) is 14.7 Å². The molecule has 0 amide bonds. The van der Waals surface area contributed by atoms with E-state index < -0.39 is 0 Å². The van der Waals surface area contributed by atoms with Crippen LogP contribution in [0.1, 0.15) is 42.6 Å². The first kappa shape index (κ1) is 15.0. The summed E-state index contributed by atoms with van der Waals surface area (Å²) in [6.45, 7) is 13.0. The van der Waals surface area contributed by atoms with E-state index in [1.165, 1.54) is 62.1 Å². The molecule has 0 atom stereocenters.